The first kappa shape index (κ1) is 11.7. The maximum atomic E-state index is 11.0. The summed E-state index contributed by atoms with van der Waals surface area (Å²) in [6.45, 7) is 1.42. The molecule has 6 nitrogen and oxygen atoms in total. The molecule has 0 radical (unpaired) electrons. The predicted molar refractivity (Wildman–Crippen MR) is 64.6 cm³/mol. The van der Waals surface area contributed by atoms with Crippen molar-refractivity contribution in [2.45, 2.75) is 18.9 Å². The third-order valence-electron chi connectivity index (χ3n) is 2.68. The number of primary amides is 1. The fourth-order valence-electron chi connectivity index (χ4n) is 1.77. The van der Waals surface area contributed by atoms with E-state index >= 15 is 0 Å². The molecule has 0 saturated carbocycles. The van der Waals surface area contributed by atoms with Gasteiger partial charge >= 0.3 is 0 Å². The van der Waals surface area contributed by atoms with Gasteiger partial charge in [0.25, 0.3) is 5.91 Å². The molecule has 1 atom stereocenters. The Bertz CT molecular complexity index is 416. The van der Waals surface area contributed by atoms with Gasteiger partial charge in [0.2, 0.25) is 0 Å². The molecule has 1 aliphatic heterocycles. The van der Waals surface area contributed by atoms with Crippen molar-refractivity contribution in [1.82, 2.24) is 4.98 Å². The lowest BCUT2D eigenvalue weighted by atomic mass is 10.1. The third kappa shape index (κ3) is 2.85. The van der Waals surface area contributed by atoms with Crippen LogP contribution in [0.2, 0.25) is 0 Å². The van der Waals surface area contributed by atoms with Gasteiger partial charge < -0.3 is 21.5 Å². The molecule has 1 aromatic rings. The molecule has 0 aliphatic carbocycles. The van der Waals surface area contributed by atoms with E-state index in [1.54, 1.807) is 6.07 Å². The van der Waals surface area contributed by atoms with Crippen molar-refractivity contribution < 1.29 is 9.53 Å². The first-order valence-electron chi connectivity index (χ1n) is 5.57. The molecule has 1 amide bonds. The molecule has 0 aromatic carbocycles. The van der Waals surface area contributed by atoms with Gasteiger partial charge in [-0.3, -0.25) is 4.79 Å². The Morgan fingerprint density at radius 2 is 2.35 bits per heavy atom. The maximum absolute atomic E-state index is 11.0. The number of carbonyl (C=O) groups is 1. The number of nitrogen functional groups attached to an aromatic ring is 1. The number of nitrogens with zero attached hydrogens (tertiary/aromatic N) is 1. The van der Waals surface area contributed by atoms with E-state index in [1.807, 2.05) is 0 Å². The van der Waals surface area contributed by atoms with Crippen molar-refractivity contribution in [2.24, 2.45) is 5.73 Å². The summed E-state index contributed by atoms with van der Waals surface area (Å²) in [7, 11) is 0. The number of rotatable bonds is 3. The van der Waals surface area contributed by atoms with Gasteiger partial charge in [-0.1, -0.05) is 0 Å². The zero-order chi connectivity index (χ0) is 12.3. The Morgan fingerprint density at radius 1 is 1.53 bits per heavy atom. The minimum absolute atomic E-state index is 0.182. The van der Waals surface area contributed by atoms with E-state index in [2.05, 4.69) is 10.3 Å². The highest BCUT2D eigenvalue weighted by atomic mass is 16.5. The first-order chi connectivity index (χ1) is 8.16. The maximum Gasteiger partial charge on any atom is 0.267 e. The van der Waals surface area contributed by atoms with Crippen molar-refractivity contribution in [2.75, 3.05) is 24.3 Å². The van der Waals surface area contributed by atoms with Crippen LogP contribution in [0.3, 0.4) is 0 Å². The van der Waals surface area contributed by atoms with Crippen LogP contribution in [0, 0.1) is 0 Å². The molecule has 1 fully saturated rings. The third-order valence-corrected chi connectivity index (χ3v) is 2.68. The fourth-order valence-corrected chi connectivity index (χ4v) is 1.77. The summed E-state index contributed by atoms with van der Waals surface area (Å²) < 4.78 is 5.35. The summed E-state index contributed by atoms with van der Waals surface area (Å²) in [5.74, 6) is -0.0651. The molecule has 17 heavy (non-hydrogen) atoms. The van der Waals surface area contributed by atoms with Gasteiger partial charge in [-0.25, -0.2) is 4.98 Å². The minimum atomic E-state index is -0.562. The number of aromatic nitrogens is 1. The number of ether oxygens (including phenoxy) is 1. The van der Waals surface area contributed by atoms with Crippen LogP contribution in [-0.4, -0.2) is 30.1 Å². The number of nitrogens with two attached hydrogens (primary N) is 2. The van der Waals surface area contributed by atoms with Crippen molar-refractivity contribution in [3.63, 3.8) is 0 Å². The summed E-state index contributed by atoms with van der Waals surface area (Å²) >= 11 is 0. The topological polar surface area (TPSA) is 103 Å². The van der Waals surface area contributed by atoms with E-state index < -0.39 is 5.91 Å². The highest BCUT2D eigenvalue weighted by Gasteiger charge is 2.16. The molecular formula is C11H16N4O2. The summed E-state index contributed by atoms with van der Waals surface area (Å²) in [5, 5.41) is 3.18. The van der Waals surface area contributed by atoms with Crippen molar-refractivity contribution in [3.8, 4) is 0 Å². The highest BCUT2D eigenvalue weighted by Crippen LogP contribution is 2.19. The van der Waals surface area contributed by atoms with Crippen LogP contribution in [0.1, 0.15) is 23.3 Å². The summed E-state index contributed by atoms with van der Waals surface area (Å²) in [4.78, 5) is 15.1. The van der Waals surface area contributed by atoms with E-state index in [0.717, 1.165) is 19.4 Å². The van der Waals surface area contributed by atoms with E-state index in [9.17, 15) is 4.79 Å². The van der Waals surface area contributed by atoms with E-state index in [-0.39, 0.29) is 11.7 Å². The molecule has 0 bridgehead atoms. The highest BCUT2D eigenvalue weighted by molar-refractivity contribution is 5.91. The molecule has 0 spiro atoms. The second-order valence-corrected chi connectivity index (χ2v) is 4.06. The van der Waals surface area contributed by atoms with E-state index in [1.165, 1.54) is 6.07 Å². The van der Waals surface area contributed by atoms with Gasteiger partial charge in [0, 0.05) is 6.61 Å². The first-order valence-corrected chi connectivity index (χ1v) is 5.57. The lowest BCUT2D eigenvalue weighted by Crippen LogP contribution is -2.31. The number of amides is 1. The molecule has 2 rings (SSSR count). The summed E-state index contributed by atoms with van der Waals surface area (Å²) in [6, 6.07) is 3.32. The normalized spacial score (nSPS) is 19.9. The number of carbonyl (C=O) groups excluding carboxylic acids is 1. The van der Waals surface area contributed by atoms with Gasteiger partial charge in [0.05, 0.1) is 18.3 Å². The molecule has 1 saturated heterocycles. The second-order valence-electron chi connectivity index (χ2n) is 4.06. The Morgan fingerprint density at radius 3 is 3.00 bits per heavy atom. The number of anilines is 2. The van der Waals surface area contributed by atoms with Crippen LogP contribution in [0.25, 0.3) is 0 Å². The lowest BCUT2D eigenvalue weighted by molar-refractivity contribution is 0.0875. The second kappa shape index (κ2) is 5.01. The fraction of sp³-hybridized carbons (Fsp3) is 0.455. The lowest BCUT2D eigenvalue weighted by Gasteiger charge is -2.24. The van der Waals surface area contributed by atoms with E-state index in [0.29, 0.717) is 18.1 Å². The van der Waals surface area contributed by atoms with E-state index in [4.69, 9.17) is 16.2 Å². The number of nitrogens with one attached hydrogen (secondary N) is 1. The molecule has 2 heterocycles. The average molecular weight is 236 g/mol. The minimum Gasteiger partial charge on any atom is -0.396 e. The number of hydrogen-bond donors (Lipinski definition) is 3. The molecule has 5 N–H and O–H groups in total. The smallest absolute Gasteiger partial charge is 0.267 e. The van der Waals surface area contributed by atoms with Crippen LogP contribution in [-0.2, 0) is 4.74 Å². The zero-order valence-electron chi connectivity index (χ0n) is 9.48. The largest absolute Gasteiger partial charge is 0.396 e. The Kier molecular flexibility index (Phi) is 3.43. The zero-order valence-corrected chi connectivity index (χ0v) is 9.48. The monoisotopic (exact) mass is 236 g/mol. The van der Waals surface area contributed by atoms with Crippen LogP contribution in [0.15, 0.2) is 12.1 Å². The van der Waals surface area contributed by atoms with Gasteiger partial charge in [0.1, 0.15) is 11.5 Å². The standard InChI is InChI=1S/C11H16N4O2/c12-8-3-4-9(10(13)16)15-11(8)14-7-2-1-5-17-6-7/h3-4,7H,1-2,5-6,12H2,(H2,13,16)(H,14,15). The van der Waals surface area contributed by atoms with Gasteiger partial charge in [0.15, 0.2) is 0 Å². The van der Waals surface area contributed by atoms with Crippen LogP contribution >= 0.6 is 0 Å². The van der Waals surface area contributed by atoms with Gasteiger partial charge in [-0.2, -0.15) is 0 Å². The SMILES string of the molecule is NC(=O)c1ccc(N)c(NC2CCCOC2)n1. The Labute approximate surface area is 99.3 Å². The summed E-state index contributed by atoms with van der Waals surface area (Å²) in [5.41, 5.74) is 11.7. The average Bonchev–Trinajstić information content (AvgIpc) is 2.33. The Hall–Kier alpha value is -1.82. The van der Waals surface area contributed by atoms with Gasteiger partial charge in [-0.15, -0.1) is 0 Å². The number of pyridine rings is 1. The van der Waals surface area contributed by atoms with Crippen LogP contribution in [0.4, 0.5) is 11.5 Å². The predicted octanol–water partition coefficient (Wildman–Crippen LogP) is 0.354. The Balaban J connectivity index is 2.13. The van der Waals surface area contributed by atoms with Crippen LogP contribution < -0.4 is 16.8 Å². The van der Waals surface area contributed by atoms with Gasteiger partial charge in [-0.05, 0) is 25.0 Å². The van der Waals surface area contributed by atoms with Crippen molar-refractivity contribution in [3.05, 3.63) is 17.8 Å². The molecule has 1 aliphatic rings. The quantitative estimate of drug-likeness (QED) is 0.702. The molecule has 1 unspecified atom stereocenters. The molecular weight excluding hydrogens is 220 g/mol. The van der Waals surface area contributed by atoms with Crippen molar-refractivity contribution in [1.29, 1.82) is 0 Å². The summed E-state index contributed by atoms with van der Waals surface area (Å²) in [6.07, 6.45) is 2.01. The molecule has 92 valence electrons. The molecule has 1 aromatic heterocycles. The number of hydrogen-bond acceptors (Lipinski definition) is 5. The van der Waals surface area contributed by atoms with Crippen molar-refractivity contribution >= 4 is 17.4 Å². The van der Waals surface area contributed by atoms with Crippen LogP contribution in [0.5, 0.6) is 0 Å². The molecule has 6 heteroatoms.